The number of halogens is 2. The number of carbonyl (C=O) groups excluding carboxylic acids is 3. The van der Waals surface area contributed by atoms with Crippen molar-refractivity contribution in [2.75, 3.05) is 23.3 Å². The predicted molar refractivity (Wildman–Crippen MR) is 152 cm³/mol. The van der Waals surface area contributed by atoms with Crippen molar-refractivity contribution in [2.45, 2.75) is 39.7 Å². The quantitative estimate of drug-likeness (QED) is 0.362. The Bertz CT molecular complexity index is 1300. The van der Waals surface area contributed by atoms with Crippen LogP contribution in [-0.4, -0.2) is 40.6 Å². The molecule has 0 aliphatic carbocycles. The van der Waals surface area contributed by atoms with Gasteiger partial charge in [0.05, 0.1) is 10.4 Å². The van der Waals surface area contributed by atoms with Gasteiger partial charge in [-0.15, -0.1) is 0 Å². The second kappa shape index (κ2) is 10.4. The summed E-state index contributed by atoms with van der Waals surface area (Å²) in [5.74, 6) is -0.960. The van der Waals surface area contributed by atoms with E-state index in [1.165, 1.54) is 0 Å². The van der Waals surface area contributed by atoms with E-state index in [1.54, 1.807) is 30.3 Å². The molecule has 0 bridgehead atoms. The molecule has 0 unspecified atom stereocenters. The van der Waals surface area contributed by atoms with Crippen molar-refractivity contribution >= 4 is 79.4 Å². The Morgan fingerprint density at radius 3 is 2.56 bits per heavy atom. The van der Waals surface area contributed by atoms with Gasteiger partial charge in [0.15, 0.2) is 0 Å². The van der Waals surface area contributed by atoms with Crippen LogP contribution in [-0.2, 0) is 9.59 Å². The molecule has 2 aliphatic rings. The summed E-state index contributed by atoms with van der Waals surface area (Å²) in [5, 5.41) is 2.72. The molecule has 0 atom stereocenters. The average molecular weight is 589 g/mol. The van der Waals surface area contributed by atoms with Gasteiger partial charge in [0.1, 0.15) is 6.54 Å². The molecule has 1 fully saturated rings. The highest BCUT2D eigenvalue weighted by molar-refractivity contribution is 9.10. The van der Waals surface area contributed by atoms with Crippen molar-refractivity contribution in [3.05, 3.63) is 68.0 Å². The van der Waals surface area contributed by atoms with Crippen LogP contribution in [0.1, 0.15) is 45.2 Å². The van der Waals surface area contributed by atoms with Crippen LogP contribution < -0.4 is 10.2 Å². The third kappa shape index (κ3) is 5.41. The van der Waals surface area contributed by atoms with Gasteiger partial charge >= 0.3 is 0 Å². The fourth-order valence-electron chi connectivity index (χ4n) is 4.51. The SMILES string of the molecule is CCCN1c2cc(Cl)c(/C=C3/SC(=O)N(CC(=O)Nc4ccc(Br)cc4)C3=O)cc2C(C)=CC1(C)C. The number of allylic oxidation sites excluding steroid dienone is 1. The fourth-order valence-corrected chi connectivity index (χ4v) is 5.82. The summed E-state index contributed by atoms with van der Waals surface area (Å²) in [7, 11) is 0. The van der Waals surface area contributed by atoms with E-state index >= 15 is 0 Å². The molecular formula is C27H27BrClN3O3S. The van der Waals surface area contributed by atoms with Gasteiger partial charge in [-0.05, 0) is 92.6 Å². The summed E-state index contributed by atoms with van der Waals surface area (Å²) in [5.41, 5.74) is 4.33. The second-order valence-corrected chi connectivity index (χ2v) is 11.7. The molecule has 2 aromatic carbocycles. The molecule has 0 radical (unpaired) electrons. The Morgan fingerprint density at radius 1 is 1.19 bits per heavy atom. The summed E-state index contributed by atoms with van der Waals surface area (Å²) in [6, 6.07) is 10.9. The Balaban J connectivity index is 1.57. The minimum atomic E-state index is -0.509. The minimum absolute atomic E-state index is 0.141. The third-order valence-electron chi connectivity index (χ3n) is 6.13. The van der Waals surface area contributed by atoms with Crippen molar-refractivity contribution < 1.29 is 14.4 Å². The Hall–Kier alpha value is -2.55. The molecule has 3 amide bonds. The summed E-state index contributed by atoms with van der Waals surface area (Å²) in [4.78, 5) is 41.6. The first-order valence-electron chi connectivity index (χ1n) is 11.6. The van der Waals surface area contributed by atoms with E-state index in [0.29, 0.717) is 16.3 Å². The Morgan fingerprint density at radius 2 is 1.89 bits per heavy atom. The van der Waals surface area contributed by atoms with Crippen LogP contribution in [0.2, 0.25) is 5.02 Å². The lowest BCUT2D eigenvalue weighted by atomic mass is 9.87. The van der Waals surface area contributed by atoms with E-state index in [-0.39, 0.29) is 17.0 Å². The molecule has 188 valence electrons. The van der Waals surface area contributed by atoms with Gasteiger partial charge in [0.25, 0.3) is 11.1 Å². The van der Waals surface area contributed by atoms with E-state index in [0.717, 1.165) is 50.9 Å². The number of rotatable bonds is 6. The topological polar surface area (TPSA) is 69.7 Å². The van der Waals surface area contributed by atoms with Crippen molar-refractivity contribution in [3.63, 3.8) is 0 Å². The van der Waals surface area contributed by atoms with Gasteiger partial charge in [0.2, 0.25) is 5.91 Å². The van der Waals surface area contributed by atoms with Gasteiger partial charge in [-0.2, -0.15) is 0 Å². The predicted octanol–water partition coefficient (Wildman–Crippen LogP) is 7.19. The molecule has 1 saturated heterocycles. The number of hydrogen-bond donors (Lipinski definition) is 1. The molecule has 0 aromatic heterocycles. The average Bonchev–Trinajstić information content (AvgIpc) is 3.06. The smallest absolute Gasteiger partial charge is 0.294 e. The van der Waals surface area contributed by atoms with Crippen molar-refractivity contribution in [2.24, 2.45) is 0 Å². The second-order valence-electron chi connectivity index (χ2n) is 9.35. The highest BCUT2D eigenvalue weighted by Crippen LogP contribution is 2.42. The van der Waals surface area contributed by atoms with Crippen LogP contribution in [0, 0.1) is 0 Å². The summed E-state index contributed by atoms with van der Waals surface area (Å²) >= 11 is 10.8. The first-order valence-corrected chi connectivity index (χ1v) is 13.6. The number of carbonyl (C=O) groups is 3. The molecule has 2 heterocycles. The van der Waals surface area contributed by atoms with Crippen LogP contribution in [0.5, 0.6) is 0 Å². The fraction of sp³-hybridized carbons (Fsp3) is 0.296. The summed E-state index contributed by atoms with van der Waals surface area (Å²) in [6.07, 6.45) is 4.87. The van der Waals surface area contributed by atoms with Gasteiger partial charge < -0.3 is 10.2 Å². The van der Waals surface area contributed by atoms with Gasteiger partial charge in [-0.25, -0.2) is 0 Å². The van der Waals surface area contributed by atoms with Crippen LogP contribution in [0.15, 0.2) is 51.9 Å². The zero-order valence-corrected chi connectivity index (χ0v) is 23.7. The molecule has 4 rings (SSSR count). The number of nitrogens with one attached hydrogen (secondary N) is 1. The van der Waals surface area contributed by atoms with Crippen molar-refractivity contribution in [1.82, 2.24) is 4.90 Å². The van der Waals surface area contributed by atoms with Crippen LogP contribution in [0.25, 0.3) is 11.6 Å². The van der Waals surface area contributed by atoms with Gasteiger partial charge in [0, 0.05) is 33.0 Å². The van der Waals surface area contributed by atoms with E-state index in [2.05, 4.69) is 59.9 Å². The lowest BCUT2D eigenvalue weighted by molar-refractivity contribution is -0.127. The van der Waals surface area contributed by atoms with E-state index in [4.69, 9.17) is 11.6 Å². The van der Waals surface area contributed by atoms with Crippen LogP contribution in [0.3, 0.4) is 0 Å². The molecule has 0 saturated carbocycles. The maximum absolute atomic E-state index is 13.0. The van der Waals surface area contributed by atoms with Crippen molar-refractivity contribution in [3.8, 4) is 0 Å². The van der Waals surface area contributed by atoms with E-state index in [1.807, 2.05) is 12.1 Å². The molecular weight excluding hydrogens is 562 g/mol. The first kappa shape index (κ1) is 26.5. The maximum Gasteiger partial charge on any atom is 0.294 e. The normalized spacial score (nSPS) is 17.9. The number of hydrogen-bond acceptors (Lipinski definition) is 5. The molecule has 2 aromatic rings. The number of benzene rings is 2. The third-order valence-corrected chi connectivity index (χ3v) is 7.90. The summed E-state index contributed by atoms with van der Waals surface area (Å²) < 4.78 is 0.880. The standard InChI is InChI=1S/C27H27BrClN3O3S/c1-5-10-32-22-13-21(29)17(11-20(22)16(2)14-27(32,3)4)12-23-25(34)31(26(35)36-23)15-24(33)30-19-8-6-18(28)7-9-19/h6-9,11-14H,5,10,15H2,1-4H3,(H,30,33)/b23-12+. The van der Waals surface area contributed by atoms with E-state index < -0.39 is 17.1 Å². The number of thioether (sulfide) groups is 1. The van der Waals surface area contributed by atoms with Gasteiger partial charge in [-0.1, -0.05) is 40.5 Å². The highest BCUT2D eigenvalue weighted by atomic mass is 79.9. The number of imide groups is 1. The monoisotopic (exact) mass is 587 g/mol. The molecule has 9 heteroatoms. The number of amides is 3. The molecule has 0 spiro atoms. The number of fused-ring (bicyclic) bond motifs is 1. The maximum atomic E-state index is 13.0. The molecule has 6 nitrogen and oxygen atoms in total. The van der Waals surface area contributed by atoms with Crippen LogP contribution in [0.4, 0.5) is 16.2 Å². The van der Waals surface area contributed by atoms with E-state index in [9.17, 15) is 14.4 Å². The van der Waals surface area contributed by atoms with Gasteiger partial charge in [-0.3, -0.25) is 19.3 Å². The van der Waals surface area contributed by atoms with Crippen molar-refractivity contribution in [1.29, 1.82) is 0 Å². The molecule has 36 heavy (non-hydrogen) atoms. The summed E-state index contributed by atoms with van der Waals surface area (Å²) in [6.45, 7) is 9.10. The lowest BCUT2D eigenvalue weighted by Gasteiger charge is -2.43. The highest BCUT2D eigenvalue weighted by Gasteiger charge is 2.37. The largest absolute Gasteiger partial charge is 0.362 e. The minimum Gasteiger partial charge on any atom is -0.362 e. The molecule has 1 N–H and O–H groups in total. The number of nitrogens with zero attached hydrogens (tertiary/aromatic N) is 2. The number of anilines is 2. The zero-order valence-electron chi connectivity index (χ0n) is 20.5. The van der Waals surface area contributed by atoms with Crippen LogP contribution >= 0.6 is 39.3 Å². The zero-order chi connectivity index (χ0) is 26.2. The Kier molecular flexibility index (Phi) is 7.69. The molecule has 2 aliphatic heterocycles. The lowest BCUT2D eigenvalue weighted by Crippen LogP contribution is -2.45. The first-order chi connectivity index (χ1) is 17.0. The Labute approximate surface area is 228 Å².